The predicted octanol–water partition coefficient (Wildman–Crippen LogP) is 2.96. The molecule has 0 aliphatic carbocycles. The molecule has 0 aliphatic rings. The van der Waals surface area contributed by atoms with E-state index in [9.17, 15) is 31.1 Å². The third-order valence-electron chi connectivity index (χ3n) is 1.54. The van der Waals surface area contributed by atoms with E-state index in [1.165, 1.54) is 6.92 Å². The molecule has 18 heavy (non-hydrogen) atoms. The van der Waals surface area contributed by atoms with Gasteiger partial charge < -0.3 is 9.47 Å². The van der Waals surface area contributed by atoms with E-state index in [1.807, 2.05) is 0 Å². The summed E-state index contributed by atoms with van der Waals surface area (Å²) in [7, 11) is 0. The number of rotatable bonds is 4. The molecule has 0 fully saturated rings. The molecule has 0 N–H and O–H groups in total. The van der Waals surface area contributed by atoms with Crippen molar-refractivity contribution >= 4 is 5.97 Å². The van der Waals surface area contributed by atoms with Gasteiger partial charge in [-0.05, 0) is 13.8 Å². The highest BCUT2D eigenvalue weighted by Gasteiger charge is 2.58. The van der Waals surface area contributed by atoms with E-state index in [4.69, 9.17) is 0 Å². The number of carbonyl (C=O) groups excluding carboxylic acids is 1. The molecule has 1 atom stereocenters. The summed E-state index contributed by atoms with van der Waals surface area (Å²) in [6.07, 6.45) is -17.3. The minimum absolute atomic E-state index is 0.180. The van der Waals surface area contributed by atoms with Gasteiger partial charge in [0.1, 0.15) is 0 Å². The Kier molecular flexibility index (Phi) is 5.21. The molecule has 3 nitrogen and oxygen atoms in total. The zero-order chi connectivity index (χ0) is 14.7. The Morgan fingerprint density at radius 3 is 1.78 bits per heavy atom. The highest BCUT2D eigenvalue weighted by molar-refractivity contribution is 5.86. The summed E-state index contributed by atoms with van der Waals surface area (Å²) in [5.41, 5.74) is -0.180. The van der Waals surface area contributed by atoms with Crippen molar-refractivity contribution in [1.29, 1.82) is 0 Å². The Morgan fingerprint density at radius 2 is 1.50 bits per heavy atom. The van der Waals surface area contributed by atoms with Crippen LogP contribution in [0, 0.1) is 0 Å². The van der Waals surface area contributed by atoms with Crippen LogP contribution in [0.25, 0.3) is 0 Å². The second-order valence-corrected chi connectivity index (χ2v) is 3.35. The first-order chi connectivity index (χ1) is 7.85. The molecular weight excluding hydrogens is 270 g/mol. The number of esters is 1. The van der Waals surface area contributed by atoms with E-state index in [1.54, 1.807) is 0 Å². The molecule has 0 aliphatic heterocycles. The molecule has 0 amide bonds. The van der Waals surface area contributed by atoms with Crippen molar-refractivity contribution in [2.45, 2.75) is 38.6 Å². The van der Waals surface area contributed by atoms with Gasteiger partial charge in [-0.2, -0.15) is 26.3 Å². The molecule has 0 aromatic heterocycles. The van der Waals surface area contributed by atoms with Gasteiger partial charge in [-0.25, -0.2) is 4.79 Å². The van der Waals surface area contributed by atoms with E-state index in [0.717, 1.165) is 6.92 Å². The maximum Gasteiger partial charge on any atom is 0.423 e. The molecule has 0 saturated carbocycles. The molecule has 0 heterocycles. The summed E-state index contributed by atoms with van der Waals surface area (Å²) in [5.74, 6) is -1.15. The molecule has 0 aromatic rings. The van der Waals surface area contributed by atoms with Crippen molar-refractivity contribution in [2.75, 3.05) is 0 Å². The molecule has 9 heteroatoms. The predicted molar refractivity (Wildman–Crippen MR) is 47.4 cm³/mol. The standard InChI is InChI=1S/C9H10F6O3/c1-4(2)6(16)17-5(3)18-7(8(10,11)12)9(13,14)15/h5,7H,1H2,2-3H3. The number of hydrogen-bond acceptors (Lipinski definition) is 3. The Bertz CT molecular complexity index is 305. The zero-order valence-corrected chi connectivity index (χ0v) is 9.35. The number of carbonyl (C=O) groups is 1. The Morgan fingerprint density at radius 1 is 1.11 bits per heavy atom. The van der Waals surface area contributed by atoms with E-state index in [0.29, 0.717) is 0 Å². The summed E-state index contributed by atoms with van der Waals surface area (Å²) < 4.78 is 80.3. The van der Waals surface area contributed by atoms with E-state index in [-0.39, 0.29) is 5.57 Å². The topological polar surface area (TPSA) is 35.5 Å². The van der Waals surface area contributed by atoms with E-state index in [2.05, 4.69) is 16.1 Å². The lowest BCUT2D eigenvalue weighted by molar-refractivity contribution is -0.346. The minimum atomic E-state index is -5.65. The summed E-state index contributed by atoms with van der Waals surface area (Å²) in [6.45, 7) is 5.03. The van der Waals surface area contributed by atoms with Gasteiger partial charge in [-0.3, -0.25) is 0 Å². The number of halogens is 6. The third-order valence-corrected chi connectivity index (χ3v) is 1.54. The van der Waals surface area contributed by atoms with Crippen LogP contribution < -0.4 is 0 Å². The summed E-state index contributed by atoms with van der Waals surface area (Å²) in [4.78, 5) is 10.9. The van der Waals surface area contributed by atoms with Crippen LogP contribution in [0.15, 0.2) is 12.2 Å². The molecule has 0 radical (unpaired) electrons. The summed E-state index contributed by atoms with van der Waals surface area (Å²) in [5, 5.41) is 0. The number of ether oxygens (including phenoxy) is 2. The largest absolute Gasteiger partial charge is 0.433 e. The Balaban J connectivity index is 4.71. The fourth-order valence-electron chi connectivity index (χ4n) is 0.811. The van der Waals surface area contributed by atoms with Crippen LogP contribution in [0.5, 0.6) is 0 Å². The molecule has 0 spiro atoms. The normalized spacial score (nSPS) is 14.5. The van der Waals surface area contributed by atoms with Crippen LogP contribution in [0.2, 0.25) is 0 Å². The van der Waals surface area contributed by atoms with Gasteiger partial charge in [0.05, 0.1) is 0 Å². The first-order valence-corrected chi connectivity index (χ1v) is 4.51. The third kappa shape index (κ3) is 5.39. The van der Waals surface area contributed by atoms with E-state index < -0.39 is 30.7 Å². The average molecular weight is 280 g/mol. The smallest absolute Gasteiger partial charge is 0.423 e. The summed E-state index contributed by atoms with van der Waals surface area (Å²) in [6, 6.07) is 0. The van der Waals surface area contributed by atoms with Gasteiger partial charge in [-0.1, -0.05) is 6.58 Å². The monoisotopic (exact) mass is 280 g/mol. The summed E-state index contributed by atoms with van der Waals surface area (Å²) >= 11 is 0. The lowest BCUT2D eigenvalue weighted by Gasteiger charge is -2.26. The maximum atomic E-state index is 12.1. The van der Waals surface area contributed by atoms with Crippen LogP contribution in [0.4, 0.5) is 26.3 Å². The van der Waals surface area contributed by atoms with Gasteiger partial charge in [0.2, 0.25) is 6.29 Å². The first-order valence-electron chi connectivity index (χ1n) is 4.51. The molecule has 0 saturated heterocycles. The molecule has 0 aromatic carbocycles. The van der Waals surface area contributed by atoms with E-state index >= 15 is 0 Å². The molecule has 0 bridgehead atoms. The van der Waals surface area contributed by atoms with Crippen molar-refractivity contribution in [2.24, 2.45) is 0 Å². The van der Waals surface area contributed by atoms with Crippen LogP contribution in [0.3, 0.4) is 0 Å². The minimum Gasteiger partial charge on any atom is -0.433 e. The number of hydrogen-bond donors (Lipinski definition) is 0. The fraction of sp³-hybridized carbons (Fsp3) is 0.667. The Hall–Kier alpha value is -1.25. The second-order valence-electron chi connectivity index (χ2n) is 3.35. The van der Waals surface area contributed by atoms with Gasteiger partial charge >= 0.3 is 18.3 Å². The van der Waals surface area contributed by atoms with Crippen LogP contribution in [-0.2, 0) is 14.3 Å². The Labute approximate surface area is 98.4 Å². The van der Waals surface area contributed by atoms with Gasteiger partial charge in [0.25, 0.3) is 6.10 Å². The van der Waals surface area contributed by atoms with Crippen molar-refractivity contribution < 1.29 is 40.6 Å². The highest BCUT2D eigenvalue weighted by atomic mass is 19.4. The second kappa shape index (κ2) is 5.59. The highest BCUT2D eigenvalue weighted by Crippen LogP contribution is 2.36. The average Bonchev–Trinajstić information content (AvgIpc) is 2.10. The first kappa shape index (κ1) is 16.8. The van der Waals surface area contributed by atoms with Crippen molar-refractivity contribution in [3.63, 3.8) is 0 Å². The van der Waals surface area contributed by atoms with Crippen molar-refractivity contribution in [3.8, 4) is 0 Å². The molecule has 1 unspecified atom stereocenters. The lowest BCUT2D eigenvalue weighted by atomic mass is 10.3. The molecular formula is C9H10F6O3. The number of alkyl halides is 6. The molecule has 0 rings (SSSR count). The van der Waals surface area contributed by atoms with Gasteiger partial charge in [0.15, 0.2) is 0 Å². The SMILES string of the molecule is C=C(C)C(=O)OC(C)OC(C(F)(F)F)C(F)(F)F. The van der Waals surface area contributed by atoms with Crippen LogP contribution >= 0.6 is 0 Å². The van der Waals surface area contributed by atoms with Crippen molar-refractivity contribution in [1.82, 2.24) is 0 Å². The fourth-order valence-corrected chi connectivity index (χ4v) is 0.811. The van der Waals surface area contributed by atoms with Crippen molar-refractivity contribution in [3.05, 3.63) is 12.2 Å². The van der Waals surface area contributed by atoms with Gasteiger partial charge in [-0.15, -0.1) is 0 Å². The van der Waals surface area contributed by atoms with Crippen LogP contribution in [0.1, 0.15) is 13.8 Å². The quantitative estimate of drug-likeness (QED) is 0.344. The molecule has 106 valence electrons. The zero-order valence-electron chi connectivity index (χ0n) is 9.35. The maximum absolute atomic E-state index is 12.1. The van der Waals surface area contributed by atoms with Gasteiger partial charge in [0, 0.05) is 5.57 Å². The van der Waals surface area contributed by atoms with Crippen LogP contribution in [-0.4, -0.2) is 30.7 Å². The lowest BCUT2D eigenvalue weighted by Crippen LogP contribution is -2.46.